The monoisotopic (exact) mass is 322 g/mol. The average molecular weight is 322 g/mol. The number of amides is 2. The van der Waals surface area contributed by atoms with E-state index in [1.54, 1.807) is 13.0 Å². The molecular formula is C16H26N4O3. The average Bonchev–Trinajstić information content (AvgIpc) is 2.90. The van der Waals surface area contributed by atoms with Crippen LogP contribution < -0.4 is 5.32 Å². The summed E-state index contributed by atoms with van der Waals surface area (Å²) in [5.74, 6) is 1.13. The summed E-state index contributed by atoms with van der Waals surface area (Å²) in [6.45, 7) is 12.1. The zero-order valence-corrected chi connectivity index (χ0v) is 14.5. The van der Waals surface area contributed by atoms with Crippen molar-refractivity contribution in [1.82, 2.24) is 15.0 Å². The molecule has 1 aliphatic heterocycles. The number of nitrogens with zero attached hydrogens (tertiary/aromatic N) is 3. The molecule has 0 saturated carbocycles. The van der Waals surface area contributed by atoms with Crippen LogP contribution in [0.15, 0.2) is 10.6 Å². The topological polar surface area (TPSA) is 78.7 Å². The van der Waals surface area contributed by atoms with Crippen molar-refractivity contribution in [2.24, 2.45) is 5.41 Å². The van der Waals surface area contributed by atoms with Crippen LogP contribution in [0.25, 0.3) is 0 Å². The minimum Gasteiger partial charge on any atom is -0.360 e. The van der Waals surface area contributed by atoms with Crippen LogP contribution in [0.5, 0.6) is 0 Å². The van der Waals surface area contributed by atoms with Crippen molar-refractivity contribution in [3.63, 3.8) is 0 Å². The lowest BCUT2D eigenvalue weighted by Gasteiger charge is -2.39. The number of carbonyl (C=O) groups excluding carboxylic acids is 2. The second-order valence-electron chi connectivity index (χ2n) is 7.07. The summed E-state index contributed by atoms with van der Waals surface area (Å²) in [6, 6.07) is 1.41. The molecule has 1 unspecified atom stereocenters. The number of rotatable bonds is 3. The SMILES string of the molecule is Cc1cc(NC(=O)C(C)N2CCN(C(=O)C(C)(C)C)CC2)no1. The van der Waals surface area contributed by atoms with Crippen LogP contribution in [0.3, 0.4) is 0 Å². The first kappa shape index (κ1) is 17.5. The fraction of sp³-hybridized carbons (Fsp3) is 0.688. The maximum atomic E-state index is 12.3. The number of carbonyl (C=O) groups is 2. The van der Waals surface area contributed by atoms with Crippen LogP contribution in [0.1, 0.15) is 33.5 Å². The highest BCUT2D eigenvalue weighted by Gasteiger charge is 2.32. The van der Waals surface area contributed by atoms with Crippen LogP contribution in [0, 0.1) is 12.3 Å². The molecule has 0 radical (unpaired) electrons. The van der Waals surface area contributed by atoms with E-state index in [2.05, 4.69) is 15.4 Å². The summed E-state index contributed by atoms with van der Waals surface area (Å²) < 4.78 is 4.94. The maximum Gasteiger partial charge on any atom is 0.242 e. The van der Waals surface area contributed by atoms with E-state index >= 15 is 0 Å². The molecule has 1 atom stereocenters. The van der Waals surface area contributed by atoms with Gasteiger partial charge in [0.2, 0.25) is 11.8 Å². The first-order chi connectivity index (χ1) is 10.7. The van der Waals surface area contributed by atoms with Crippen LogP contribution in [0.2, 0.25) is 0 Å². The summed E-state index contributed by atoms with van der Waals surface area (Å²) in [6.07, 6.45) is 0. The van der Waals surface area contributed by atoms with E-state index in [9.17, 15) is 9.59 Å². The summed E-state index contributed by atoms with van der Waals surface area (Å²) in [4.78, 5) is 28.5. The van der Waals surface area contributed by atoms with Crippen molar-refractivity contribution in [3.05, 3.63) is 11.8 Å². The van der Waals surface area contributed by atoms with Crippen LogP contribution >= 0.6 is 0 Å². The van der Waals surface area contributed by atoms with Crippen molar-refractivity contribution in [1.29, 1.82) is 0 Å². The summed E-state index contributed by atoms with van der Waals surface area (Å²) in [5, 5.41) is 6.52. The second-order valence-corrected chi connectivity index (χ2v) is 7.07. The van der Waals surface area contributed by atoms with E-state index in [0.29, 0.717) is 37.8 Å². The standard InChI is InChI=1S/C16H26N4O3/c1-11-10-13(18-23-11)17-14(21)12(2)19-6-8-20(9-7-19)15(22)16(3,4)5/h10,12H,6-9H2,1-5H3,(H,17,18,21). The smallest absolute Gasteiger partial charge is 0.242 e. The number of anilines is 1. The van der Waals surface area contributed by atoms with Gasteiger partial charge in [-0.25, -0.2) is 0 Å². The van der Waals surface area contributed by atoms with Crippen molar-refractivity contribution in [3.8, 4) is 0 Å². The molecule has 1 aliphatic rings. The molecule has 1 N–H and O–H groups in total. The zero-order chi connectivity index (χ0) is 17.2. The van der Waals surface area contributed by atoms with Crippen molar-refractivity contribution in [2.75, 3.05) is 31.5 Å². The third-order valence-electron chi connectivity index (χ3n) is 4.05. The Morgan fingerprint density at radius 3 is 2.35 bits per heavy atom. The lowest BCUT2D eigenvalue weighted by atomic mass is 9.94. The maximum absolute atomic E-state index is 12.3. The number of aryl methyl sites for hydroxylation is 1. The largest absolute Gasteiger partial charge is 0.360 e. The van der Waals surface area contributed by atoms with E-state index in [1.165, 1.54) is 0 Å². The quantitative estimate of drug-likeness (QED) is 0.912. The highest BCUT2D eigenvalue weighted by molar-refractivity contribution is 5.93. The number of nitrogens with one attached hydrogen (secondary N) is 1. The highest BCUT2D eigenvalue weighted by Crippen LogP contribution is 2.19. The summed E-state index contributed by atoms with van der Waals surface area (Å²) in [5.41, 5.74) is -0.365. The van der Waals surface area contributed by atoms with E-state index in [1.807, 2.05) is 32.6 Å². The van der Waals surface area contributed by atoms with Crippen molar-refractivity contribution < 1.29 is 14.1 Å². The number of piperazine rings is 1. The minimum absolute atomic E-state index is 0.117. The van der Waals surface area contributed by atoms with Gasteiger partial charge in [0.25, 0.3) is 0 Å². The molecule has 7 nitrogen and oxygen atoms in total. The van der Waals surface area contributed by atoms with Gasteiger partial charge in [0.15, 0.2) is 5.82 Å². The van der Waals surface area contributed by atoms with Gasteiger partial charge in [-0.3, -0.25) is 14.5 Å². The van der Waals surface area contributed by atoms with Gasteiger partial charge in [-0.15, -0.1) is 0 Å². The van der Waals surface area contributed by atoms with Gasteiger partial charge in [-0.2, -0.15) is 0 Å². The van der Waals surface area contributed by atoms with Gasteiger partial charge in [0, 0.05) is 37.7 Å². The molecule has 0 aromatic carbocycles. The fourth-order valence-electron chi connectivity index (χ4n) is 2.61. The van der Waals surface area contributed by atoms with Crippen LogP contribution in [0.4, 0.5) is 5.82 Å². The molecule has 23 heavy (non-hydrogen) atoms. The fourth-order valence-corrected chi connectivity index (χ4v) is 2.61. The minimum atomic E-state index is -0.365. The lowest BCUT2D eigenvalue weighted by molar-refractivity contribution is -0.141. The predicted octanol–water partition coefficient (Wildman–Crippen LogP) is 1.50. The molecule has 0 spiro atoms. The molecule has 0 aliphatic carbocycles. The zero-order valence-electron chi connectivity index (χ0n) is 14.5. The van der Waals surface area contributed by atoms with E-state index in [0.717, 1.165) is 0 Å². The Bertz CT molecular complexity index is 568. The molecule has 1 aromatic rings. The molecule has 7 heteroatoms. The van der Waals surface area contributed by atoms with Crippen molar-refractivity contribution in [2.45, 2.75) is 40.7 Å². The summed E-state index contributed by atoms with van der Waals surface area (Å²) in [7, 11) is 0. The Morgan fingerprint density at radius 2 is 1.87 bits per heavy atom. The third kappa shape index (κ3) is 4.31. The number of hydrogen-bond acceptors (Lipinski definition) is 5. The molecule has 2 amide bonds. The molecule has 1 saturated heterocycles. The van der Waals surface area contributed by atoms with E-state index < -0.39 is 0 Å². The van der Waals surface area contributed by atoms with Crippen molar-refractivity contribution >= 4 is 17.6 Å². The molecule has 1 fully saturated rings. The molecule has 2 heterocycles. The number of aromatic nitrogens is 1. The van der Waals surface area contributed by atoms with Gasteiger partial charge in [0.05, 0.1) is 6.04 Å². The Morgan fingerprint density at radius 1 is 1.26 bits per heavy atom. The first-order valence-electron chi connectivity index (χ1n) is 7.96. The summed E-state index contributed by atoms with van der Waals surface area (Å²) >= 11 is 0. The van der Waals surface area contributed by atoms with Gasteiger partial charge >= 0.3 is 0 Å². The van der Waals surface area contributed by atoms with Gasteiger partial charge in [0.1, 0.15) is 5.76 Å². The normalized spacial score (nSPS) is 17.9. The number of hydrogen-bond donors (Lipinski definition) is 1. The molecule has 0 bridgehead atoms. The Balaban J connectivity index is 1.86. The molecule has 2 rings (SSSR count). The van der Waals surface area contributed by atoms with Gasteiger partial charge in [-0.05, 0) is 13.8 Å². The predicted molar refractivity (Wildman–Crippen MR) is 86.9 cm³/mol. The molecular weight excluding hydrogens is 296 g/mol. The van der Waals surface area contributed by atoms with Gasteiger partial charge in [-0.1, -0.05) is 25.9 Å². The highest BCUT2D eigenvalue weighted by atomic mass is 16.5. The van der Waals surface area contributed by atoms with Crippen LogP contribution in [-0.4, -0.2) is 59.0 Å². The van der Waals surface area contributed by atoms with E-state index in [4.69, 9.17) is 4.52 Å². The second kappa shape index (κ2) is 6.70. The third-order valence-corrected chi connectivity index (χ3v) is 4.05. The molecule has 1 aromatic heterocycles. The van der Waals surface area contributed by atoms with Crippen LogP contribution in [-0.2, 0) is 9.59 Å². The Hall–Kier alpha value is -1.89. The Labute approximate surface area is 137 Å². The Kier molecular flexibility index (Phi) is 5.09. The lowest BCUT2D eigenvalue weighted by Crippen LogP contribution is -2.55. The molecule has 128 valence electrons. The van der Waals surface area contributed by atoms with Gasteiger partial charge < -0.3 is 14.7 Å². The first-order valence-corrected chi connectivity index (χ1v) is 7.96. The van der Waals surface area contributed by atoms with E-state index in [-0.39, 0.29) is 23.3 Å².